The maximum atomic E-state index is 13.5. The maximum absolute atomic E-state index is 13.5. The zero-order valence-electron chi connectivity index (χ0n) is 16.7. The van der Waals surface area contributed by atoms with E-state index < -0.39 is 0 Å². The highest BCUT2D eigenvalue weighted by molar-refractivity contribution is 5.94. The molecule has 0 atom stereocenters. The van der Waals surface area contributed by atoms with E-state index in [-0.39, 0.29) is 30.8 Å². The van der Waals surface area contributed by atoms with E-state index in [0.29, 0.717) is 17.7 Å². The van der Waals surface area contributed by atoms with E-state index in [4.69, 9.17) is 4.74 Å². The highest BCUT2D eigenvalue weighted by atomic mass is 19.1. The van der Waals surface area contributed by atoms with Gasteiger partial charge in [0.1, 0.15) is 12.4 Å². The zero-order valence-corrected chi connectivity index (χ0v) is 16.7. The molecule has 5 nitrogen and oxygen atoms in total. The van der Waals surface area contributed by atoms with E-state index in [2.05, 4.69) is 0 Å². The van der Waals surface area contributed by atoms with Crippen LogP contribution in [0, 0.1) is 5.82 Å². The first-order valence-electron chi connectivity index (χ1n) is 9.31. The molecule has 0 heterocycles. The lowest BCUT2D eigenvalue weighted by molar-refractivity contribution is -0.129. The predicted octanol–water partition coefficient (Wildman–Crippen LogP) is 3.42. The molecule has 0 unspecified atom stereocenters. The van der Waals surface area contributed by atoms with Gasteiger partial charge in [0.05, 0.1) is 13.0 Å². The summed E-state index contributed by atoms with van der Waals surface area (Å²) in [5, 5.41) is 0. The monoisotopic (exact) mass is 386 g/mol. The number of ether oxygens (including phenoxy) is 1. The fraction of sp³-hybridized carbons (Fsp3) is 0.364. The van der Waals surface area contributed by atoms with Gasteiger partial charge >= 0.3 is 0 Å². The van der Waals surface area contributed by atoms with E-state index in [9.17, 15) is 14.0 Å². The van der Waals surface area contributed by atoms with Gasteiger partial charge in [-0.15, -0.1) is 0 Å². The minimum absolute atomic E-state index is 0.0571. The molecular weight excluding hydrogens is 359 g/mol. The van der Waals surface area contributed by atoms with Crippen molar-refractivity contribution in [2.45, 2.75) is 26.3 Å². The van der Waals surface area contributed by atoms with Gasteiger partial charge in [-0.2, -0.15) is 0 Å². The smallest absolute Gasteiger partial charge is 0.253 e. The second-order valence-electron chi connectivity index (χ2n) is 6.70. The summed E-state index contributed by atoms with van der Waals surface area (Å²) < 4.78 is 18.5. The Bertz CT molecular complexity index is 793. The molecule has 0 saturated heterocycles. The summed E-state index contributed by atoms with van der Waals surface area (Å²) in [6.07, 6.45) is 1.23. The highest BCUT2D eigenvalue weighted by Gasteiger charge is 2.17. The standard InChI is InChI=1S/C22H27FN2O3/c1-4-12-24(2)21(26)14-17-8-10-20(11-9-17)25(22(27)16-28-3)15-18-6-5-7-19(23)13-18/h5-11,13H,4,12,14-16H2,1-3H3. The Labute approximate surface area is 165 Å². The molecule has 0 radical (unpaired) electrons. The number of methoxy groups -OCH3 is 1. The Morgan fingerprint density at radius 1 is 1.04 bits per heavy atom. The normalized spacial score (nSPS) is 10.6. The Kier molecular flexibility index (Phi) is 8.14. The van der Waals surface area contributed by atoms with Crippen molar-refractivity contribution in [3.8, 4) is 0 Å². The van der Waals surface area contributed by atoms with Gasteiger partial charge in [0.15, 0.2) is 0 Å². The first kappa shape index (κ1) is 21.6. The topological polar surface area (TPSA) is 49.9 Å². The molecule has 150 valence electrons. The van der Waals surface area contributed by atoms with Crippen LogP contribution in [-0.4, -0.2) is 44.0 Å². The fourth-order valence-electron chi connectivity index (χ4n) is 2.91. The number of halogens is 1. The summed E-state index contributed by atoms with van der Waals surface area (Å²) in [4.78, 5) is 28.0. The third-order valence-electron chi connectivity index (χ3n) is 4.39. The van der Waals surface area contributed by atoms with Gasteiger partial charge in [-0.3, -0.25) is 9.59 Å². The molecule has 6 heteroatoms. The molecule has 0 aromatic heterocycles. The van der Waals surface area contributed by atoms with E-state index >= 15 is 0 Å². The van der Waals surface area contributed by atoms with E-state index in [1.54, 1.807) is 41.1 Å². The molecule has 2 aromatic carbocycles. The Hall–Kier alpha value is -2.73. The number of carbonyl (C=O) groups excluding carboxylic acids is 2. The quantitative estimate of drug-likeness (QED) is 0.664. The largest absolute Gasteiger partial charge is 0.375 e. The minimum atomic E-state index is -0.346. The van der Waals surface area contributed by atoms with Crippen molar-refractivity contribution in [1.82, 2.24) is 4.90 Å². The van der Waals surface area contributed by atoms with Crippen LogP contribution in [0.3, 0.4) is 0 Å². The minimum Gasteiger partial charge on any atom is -0.375 e. The zero-order chi connectivity index (χ0) is 20.5. The van der Waals surface area contributed by atoms with Gasteiger partial charge in [0, 0.05) is 26.4 Å². The lowest BCUT2D eigenvalue weighted by Crippen LogP contribution is -2.33. The Morgan fingerprint density at radius 2 is 1.75 bits per heavy atom. The molecule has 0 bridgehead atoms. The molecular formula is C22H27FN2O3. The van der Waals surface area contributed by atoms with Crippen LogP contribution < -0.4 is 4.90 Å². The van der Waals surface area contributed by atoms with Gasteiger partial charge in [0.25, 0.3) is 5.91 Å². The molecule has 0 aliphatic carbocycles. The van der Waals surface area contributed by atoms with Crippen molar-refractivity contribution in [3.05, 3.63) is 65.5 Å². The van der Waals surface area contributed by atoms with Crippen LogP contribution in [0.4, 0.5) is 10.1 Å². The maximum Gasteiger partial charge on any atom is 0.253 e. The number of likely N-dealkylation sites (N-methyl/N-ethyl adjacent to an activating group) is 1. The average Bonchev–Trinajstić information content (AvgIpc) is 2.67. The van der Waals surface area contributed by atoms with E-state index in [1.807, 2.05) is 19.1 Å². The highest BCUT2D eigenvalue weighted by Crippen LogP contribution is 2.20. The van der Waals surface area contributed by atoms with Crippen LogP contribution in [0.25, 0.3) is 0 Å². The number of hydrogen-bond acceptors (Lipinski definition) is 3. The molecule has 0 N–H and O–H groups in total. The Balaban J connectivity index is 2.16. The molecule has 0 saturated carbocycles. The SMILES string of the molecule is CCCN(C)C(=O)Cc1ccc(N(Cc2cccc(F)c2)C(=O)COC)cc1. The predicted molar refractivity (Wildman–Crippen MR) is 108 cm³/mol. The fourth-order valence-corrected chi connectivity index (χ4v) is 2.91. The number of anilines is 1. The number of rotatable bonds is 9. The van der Waals surface area contributed by atoms with E-state index in [0.717, 1.165) is 18.5 Å². The van der Waals surface area contributed by atoms with Crippen LogP contribution in [0.15, 0.2) is 48.5 Å². The summed E-state index contributed by atoms with van der Waals surface area (Å²) in [5.74, 6) is -0.512. The molecule has 0 aliphatic rings. The molecule has 2 amide bonds. The number of nitrogens with zero attached hydrogens (tertiary/aromatic N) is 2. The van der Waals surface area contributed by atoms with Gasteiger partial charge in [-0.05, 0) is 41.8 Å². The number of hydrogen-bond donors (Lipinski definition) is 0. The number of benzene rings is 2. The summed E-state index contributed by atoms with van der Waals surface area (Å²) in [6.45, 7) is 2.92. The molecule has 0 spiro atoms. The van der Waals surface area contributed by atoms with E-state index in [1.165, 1.54) is 19.2 Å². The van der Waals surface area contributed by atoms with Gasteiger partial charge in [0.2, 0.25) is 5.91 Å². The molecule has 2 aromatic rings. The molecule has 0 fully saturated rings. The van der Waals surface area contributed by atoms with Crippen molar-refractivity contribution in [2.24, 2.45) is 0 Å². The van der Waals surface area contributed by atoms with Crippen LogP contribution in [0.2, 0.25) is 0 Å². The van der Waals surface area contributed by atoms with Crippen LogP contribution >= 0.6 is 0 Å². The van der Waals surface area contributed by atoms with Crippen LogP contribution in [-0.2, 0) is 27.3 Å². The lowest BCUT2D eigenvalue weighted by atomic mass is 10.1. The number of amides is 2. The summed E-state index contributed by atoms with van der Waals surface area (Å²) in [5.41, 5.74) is 2.23. The second-order valence-corrected chi connectivity index (χ2v) is 6.70. The first-order valence-corrected chi connectivity index (χ1v) is 9.31. The molecule has 0 aliphatic heterocycles. The van der Waals surface area contributed by atoms with Crippen LogP contribution in [0.1, 0.15) is 24.5 Å². The number of carbonyl (C=O) groups is 2. The third kappa shape index (κ3) is 6.16. The van der Waals surface area contributed by atoms with Crippen molar-refractivity contribution < 1.29 is 18.7 Å². The van der Waals surface area contributed by atoms with Gasteiger partial charge in [-0.25, -0.2) is 4.39 Å². The first-order chi connectivity index (χ1) is 13.4. The van der Waals surface area contributed by atoms with Crippen molar-refractivity contribution in [2.75, 3.05) is 32.2 Å². The van der Waals surface area contributed by atoms with Crippen molar-refractivity contribution in [3.63, 3.8) is 0 Å². The van der Waals surface area contributed by atoms with Gasteiger partial charge < -0.3 is 14.5 Å². The molecule has 2 rings (SSSR count). The summed E-state index contributed by atoms with van der Waals surface area (Å²) in [7, 11) is 3.25. The van der Waals surface area contributed by atoms with Crippen molar-refractivity contribution >= 4 is 17.5 Å². The second kappa shape index (κ2) is 10.6. The average molecular weight is 386 g/mol. The van der Waals surface area contributed by atoms with Crippen molar-refractivity contribution in [1.29, 1.82) is 0 Å². The lowest BCUT2D eigenvalue weighted by Gasteiger charge is -2.23. The summed E-state index contributed by atoms with van der Waals surface area (Å²) >= 11 is 0. The summed E-state index contributed by atoms with van der Waals surface area (Å²) in [6, 6.07) is 13.4. The Morgan fingerprint density at radius 3 is 2.36 bits per heavy atom. The molecule has 28 heavy (non-hydrogen) atoms. The third-order valence-corrected chi connectivity index (χ3v) is 4.39. The van der Waals surface area contributed by atoms with Gasteiger partial charge in [-0.1, -0.05) is 31.2 Å². The van der Waals surface area contributed by atoms with Crippen LogP contribution in [0.5, 0.6) is 0 Å².